The van der Waals surface area contributed by atoms with Gasteiger partial charge >= 0.3 is 0 Å². The first-order valence-electron chi connectivity index (χ1n) is 8.07. The predicted octanol–water partition coefficient (Wildman–Crippen LogP) is 3.49. The van der Waals surface area contributed by atoms with Crippen molar-refractivity contribution in [1.82, 2.24) is 9.80 Å². The third-order valence-electron chi connectivity index (χ3n) is 4.02. The summed E-state index contributed by atoms with van der Waals surface area (Å²) < 4.78 is 0. The Hall–Kier alpha value is -1.87. The van der Waals surface area contributed by atoms with E-state index >= 15 is 0 Å². The molecule has 0 spiro atoms. The average Bonchev–Trinajstić information content (AvgIpc) is 2.56. The summed E-state index contributed by atoms with van der Waals surface area (Å²) in [7, 11) is 0. The Kier molecular flexibility index (Phi) is 6.41. The Labute approximate surface area is 133 Å². The monoisotopic (exact) mass is 298 g/mol. The van der Waals surface area contributed by atoms with Crippen LogP contribution in [0.25, 0.3) is 0 Å². The van der Waals surface area contributed by atoms with E-state index in [1.807, 2.05) is 29.2 Å². The standard InChI is InChI=1S/C19H26N2O/c1-3-12-20(13-4-2)16-17-8-10-18(11-9-17)19(22)21-14-6-5-7-15-21/h3-4,8-11H,1-2,5-7,12-16H2. The highest BCUT2D eigenvalue weighted by Gasteiger charge is 2.17. The summed E-state index contributed by atoms with van der Waals surface area (Å²) in [5.74, 6) is 0.167. The molecule has 1 aliphatic rings. The number of carbonyl (C=O) groups is 1. The molecule has 0 aliphatic carbocycles. The van der Waals surface area contributed by atoms with E-state index in [1.54, 1.807) is 0 Å². The molecule has 1 aromatic carbocycles. The summed E-state index contributed by atoms with van der Waals surface area (Å²) in [5, 5.41) is 0. The second-order valence-electron chi connectivity index (χ2n) is 5.82. The highest BCUT2D eigenvalue weighted by molar-refractivity contribution is 5.94. The van der Waals surface area contributed by atoms with E-state index in [1.165, 1.54) is 12.0 Å². The molecule has 2 rings (SSSR count). The van der Waals surface area contributed by atoms with Crippen LogP contribution in [0.15, 0.2) is 49.6 Å². The smallest absolute Gasteiger partial charge is 0.253 e. The Bertz CT molecular complexity index is 491. The van der Waals surface area contributed by atoms with Crippen molar-refractivity contribution in [2.45, 2.75) is 25.8 Å². The van der Waals surface area contributed by atoms with Crippen LogP contribution in [0, 0.1) is 0 Å². The number of carbonyl (C=O) groups excluding carboxylic acids is 1. The summed E-state index contributed by atoms with van der Waals surface area (Å²) in [4.78, 5) is 16.7. The van der Waals surface area contributed by atoms with Gasteiger partial charge in [0.15, 0.2) is 0 Å². The van der Waals surface area contributed by atoms with E-state index in [9.17, 15) is 4.79 Å². The van der Waals surface area contributed by atoms with Gasteiger partial charge in [-0.25, -0.2) is 0 Å². The zero-order valence-electron chi connectivity index (χ0n) is 13.3. The van der Waals surface area contributed by atoms with Gasteiger partial charge in [-0.15, -0.1) is 13.2 Å². The molecule has 0 N–H and O–H groups in total. The molecule has 0 saturated carbocycles. The van der Waals surface area contributed by atoms with Crippen LogP contribution in [0.2, 0.25) is 0 Å². The lowest BCUT2D eigenvalue weighted by atomic mass is 10.1. The third-order valence-corrected chi connectivity index (χ3v) is 4.02. The Morgan fingerprint density at radius 3 is 2.18 bits per heavy atom. The maximum Gasteiger partial charge on any atom is 0.253 e. The number of nitrogens with zero attached hydrogens (tertiary/aromatic N) is 2. The zero-order chi connectivity index (χ0) is 15.8. The van der Waals surface area contributed by atoms with Crippen LogP contribution < -0.4 is 0 Å². The molecule has 0 bridgehead atoms. The van der Waals surface area contributed by atoms with E-state index in [2.05, 4.69) is 30.2 Å². The molecule has 1 fully saturated rings. The summed E-state index contributed by atoms with van der Waals surface area (Å²) in [6.07, 6.45) is 7.30. The maximum atomic E-state index is 12.4. The van der Waals surface area contributed by atoms with Crippen LogP contribution in [0.3, 0.4) is 0 Å². The lowest BCUT2D eigenvalue weighted by Gasteiger charge is -2.26. The molecule has 0 atom stereocenters. The molecule has 1 aliphatic heterocycles. The molecule has 118 valence electrons. The fourth-order valence-corrected chi connectivity index (χ4v) is 2.86. The first kappa shape index (κ1) is 16.5. The molecular formula is C19H26N2O. The number of likely N-dealkylation sites (tertiary alicyclic amines) is 1. The summed E-state index contributed by atoms with van der Waals surface area (Å²) in [6.45, 7) is 11.9. The van der Waals surface area contributed by atoms with Gasteiger partial charge in [0, 0.05) is 38.3 Å². The number of benzene rings is 1. The normalized spacial score (nSPS) is 14.9. The number of rotatable bonds is 7. The maximum absolute atomic E-state index is 12.4. The molecule has 3 heteroatoms. The fourth-order valence-electron chi connectivity index (χ4n) is 2.86. The van der Waals surface area contributed by atoms with Crippen molar-refractivity contribution < 1.29 is 4.79 Å². The van der Waals surface area contributed by atoms with Gasteiger partial charge in [-0.05, 0) is 37.0 Å². The number of amides is 1. The summed E-state index contributed by atoms with van der Waals surface area (Å²) in [6, 6.07) is 8.01. The predicted molar refractivity (Wildman–Crippen MR) is 91.9 cm³/mol. The van der Waals surface area contributed by atoms with Crippen LogP contribution in [0.4, 0.5) is 0 Å². The van der Waals surface area contributed by atoms with Crippen molar-refractivity contribution in [2.75, 3.05) is 26.2 Å². The van der Waals surface area contributed by atoms with Crippen molar-refractivity contribution in [1.29, 1.82) is 0 Å². The summed E-state index contributed by atoms with van der Waals surface area (Å²) >= 11 is 0. The van der Waals surface area contributed by atoms with E-state index < -0.39 is 0 Å². The van der Waals surface area contributed by atoms with E-state index in [-0.39, 0.29) is 5.91 Å². The van der Waals surface area contributed by atoms with Crippen molar-refractivity contribution in [3.63, 3.8) is 0 Å². The van der Waals surface area contributed by atoms with Gasteiger partial charge in [0.25, 0.3) is 5.91 Å². The fraction of sp³-hybridized carbons (Fsp3) is 0.421. The molecule has 0 aromatic heterocycles. The number of piperidine rings is 1. The van der Waals surface area contributed by atoms with Crippen molar-refractivity contribution in [3.05, 3.63) is 60.7 Å². The minimum Gasteiger partial charge on any atom is -0.339 e. The third kappa shape index (κ3) is 4.57. The highest BCUT2D eigenvalue weighted by atomic mass is 16.2. The quantitative estimate of drug-likeness (QED) is 0.719. The first-order chi connectivity index (χ1) is 10.7. The van der Waals surface area contributed by atoms with Gasteiger partial charge in [-0.3, -0.25) is 9.69 Å². The van der Waals surface area contributed by atoms with E-state index in [4.69, 9.17) is 0 Å². The van der Waals surface area contributed by atoms with Gasteiger partial charge in [-0.1, -0.05) is 24.3 Å². The van der Waals surface area contributed by atoms with Gasteiger partial charge in [-0.2, -0.15) is 0 Å². The zero-order valence-corrected chi connectivity index (χ0v) is 13.3. The second-order valence-corrected chi connectivity index (χ2v) is 5.82. The van der Waals surface area contributed by atoms with E-state index in [0.29, 0.717) is 0 Å². The molecule has 1 aromatic rings. The van der Waals surface area contributed by atoms with Gasteiger partial charge in [0.05, 0.1) is 0 Å². The highest BCUT2D eigenvalue weighted by Crippen LogP contribution is 2.14. The average molecular weight is 298 g/mol. The molecule has 22 heavy (non-hydrogen) atoms. The van der Waals surface area contributed by atoms with E-state index in [0.717, 1.165) is 51.1 Å². The largest absolute Gasteiger partial charge is 0.339 e. The van der Waals surface area contributed by atoms with Crippen LogP contribution in [-0.2, 0) is 6.54 Å². The van der Waals surface area contributed by atoms with Crippen molar-refractivity contribution in [2.24, 2.45) is 0 Å². The van der Waals surface area contributed by atoms with Crippen LogP contribution in [0.5, 0.6) is 0 Å². The van der Waals surface area contributed by atoms with Crippen LogP contribution >= 0.6 is 0 Å². The SMILES string of the molecule is C=CCN(CC=C)Cc1ccc(C(=O)N2CCCCC2)cc1. The van der Waals surface area contributed by atoms with Gasteiger partial charge in [0.2, 0.25) is 0 Å². The topological polar surface area (TPSA) is 23.6 Å². The van der Waals surface area contributed by atoms with Gasteiger partial charge in [0.1, 0.15) is 0 Å². The van der Waals surface area contributed by atoms with Crippen LogP contribution in [0.1, 0.15) is 35.2 Å². The molecule has 1 amide bonds. The molecule has 0 unspecified atom stereocenters. The second kappa shape index (κ2) is 8.54. The first-order valence-corrected chi connectivity index (χ1v) is 8.07. The number of hydrogen-bond donors (Lipinski definition) is 0. The van der Waals surface area contributed by atoms with Crippen LogP contribution in [-0.4, -0.2) is 41.9 Å². The van der Waals surface area contributed by atoms with Crippen molar-refractivity contribution >= 4 is 5.91 Å². The summed E-state index contributed by atoms with van der Waals surface area (Å²) in [5.41, 5.74) is 2.00. The number of hydrogen-bond acceptors (Lipinski definition) is 2. The molecule has 1 heterocycles. The Balaban J connectivity index is 1.98. The molecule has 3 nitrogen and oxygen atoms in total. The molecule has 0 radical (unpaired) electrons. The Morgan fingerprint density at radius 1 is 1.05 bits per heavy atom. The minimum absolute atomic E-state index is 0.167. The minimum atomic E-state index is 0.167. The molecular weight excluding hydrogens is 272 g/mol. The lowest BCUT2D eigenvalue weighted by Crippen LogP contribution is -2.35. The Morgan fingerprint density at radius 2 is 1.64 bits per heavy atom. The van der Waals surface area contributed by atoms with Crippen molar-refractivity contribution in [3.8, 4) is 0 Å². The lowest BCUT2D eigenvalue weighted by molar-refractivity contribution is 0.0724. The molecule has 1 saturated heterocycles. The van der Waals surface area contributed by atoms with Gasteiger partial charge < -0.3 is 4.90 Å².